The molecule has 3 N–H and O–H groups in total. The molecule has 4 aliphatic carbocycles. The Morgan fingerprint density at radius 3 is 2.21 bits per heavy atom. The molecule has 9 heteroatoms. The highest BCUT2D eigenvalue weighted by atomic mass is 31.3. The molecule has 4 rings (SSSR count). The largest absolute Gasteiger partial charge is 0.481 e. The van der Waals surface area contributed by atoms with E-state index >= 15 is 0 Å². The molecule has 0 heterocycles. The van der Waals surface area contributed by atoms with Crippen molar-refractivity contribution in [3.05, 3.63) is 0 Å². The van der Waals surface area contributed by atoms with Gasteiger partial charge in [-0.1, -0.05) is 34.1 Å². The zero-order chi connectivity index (χ0) is 21.5. The van der Waals surface area contributed by atoms with Crippen molar-refractivity contribution in [1.82, 2.24) is 0 Å². The van der Waals surface area contributed by atoms with Crippen molar-refractivity contribution >= 4 is 15.6 Å². The fourth-order valence-corrected chi connectivity index (χ4v) is 10.4. The second-order valence-corrected chi connectivity index (χ2v) is 14.3. The molecule has 0 aromatic carbocycles. The zero-order valence-electron chi connectivity index (χ0n) is 18.0. The SMILES string of the molecule is CC1(C)CCC[C@]2(C)[C@@H]1CC[C@@]13C[C@H](OP(=O)(O)OP(=O)(O)O)[C@@](C)(CC[C@H]12)C3. The predicted molar refractivity (Wildman–Crippen MR) is 109 cm³/mol. The van der Waals surface area contributed by atoms with Crippen LogP contribution in [-0.4, -0.2) is 20.8 Å². The highest BCUT2D eigenvalue weighted by Crippen LogP contribution is 2.75. The maximum absolute atomic E-state index is 12.3. The Balaban J connectivity index is 1.61. The molecule has 0 saturated heterocycles. The Hall–Kier alpha value is 0.260. The van der Waals surface area contributed by atoms with Gasteiger partial charge in [-0.05, 0) is 84.9 Å². The number of hydrogen-bond donors (Lipinski definition) is 3. The van der Waals surface area contributed by atoms with Gasteiger partial charge in [-0.3, -0.25) is 4.52 Å². The van der Waals surface area contributed by atoms with Crippen molar-refractivity contribution in [2.75, 3.05) is 0 Å². The summed E-state index contributed by atoms with van der Waals surface area (Å²) in [5.74, 6) is 1.27. The standard InChI is InChI=1S/C20H36O7P2/c1-17(2)8-5-9-19(4)14(17)7-11-20-12-16(18(3,13-20)10-6-15(19)20)26-29(24,25)27-28(21,22)23/h14-16H,5-13H2,1-4H3,(H,24,25)(H2,21,22,23)/t14-,15+,16+,18+,19-,20+/m1/s1. The number of fused-ring (bicyclic) bond motifs is 3. The van der Waals surface area contributed by atoms with Crippen LogP contribution in [0.2, 0.25) is 0 Å². The van der Waals surface area contributed by atoms with Crippen molar-refractivity contribution in [1.29, 1.82) is 0 Å². The van der Waals surface area contributed by atoms with E-state index in [2.05, 4.69) is 32.0 Å². The maximum atomic E-state index is 12.3. The third-order valence-electron chi connectivity index (χ3n) is 9.34. The minimum atomic E-state index is -5.11. The van der Waals surface area contributed by atoms with Gasteiger partial charge < -0.3 is 14.7 Å². The summed E-state index contributed by atoms with van der Waals surface area (Å²) in [5, 5.41) is 0. The van der Waals surface area contributed by atoms with Crippen LogP contribution in [0.25, 0.3) is 0 Å². The molecule has 0 aliphatic heterocycles. The Morgan fingerprint density at radius 1 is 0.897 bits per heavy atom. The third-order valence-corrected chi connectivity index (χ3v) is 11.5. The lowest BCUT2D eigenvalue weighted by Crippen LogP contribution is -2.56. The van der Waals surface area contributed by atoms with Crippen molar-refractivity contribution in [2.24, 2.45) is 33.5 Å². The molecule has 4 aliphatic rings. The average molecular weight is 450 g/mol. The van der Waals surface area contributed by atoms with Gasteiger partial charge in [0.15, 0.2) is 0 Å². The topological polar surface area (TPSA) is 113 Å². The molecular formula is C20H36O7P2. The van der Waals surface area contributed by atoms with E-state index in [9.17, 15) is 14.0 Å². The first-order valence-corrected chi connectivity index (χ1v) is 13.9. The lowest BCUT2D eigenvalue weighted by Gasteiger charge is -2.64. The van der Waals surface area contributed by atoms with Crippen LogP contribution < -0.4 is 0 Å². The number of rotatable bonds is 4. The summed E-state index contributed by atoms with van der Waals surface area (Å²) in [6, 6.07) is 0. The van der Waals surface area contributed by atoms with E-state index in [1.807, 2.05) is 0 Å². The van der Waals surface area contributed by atoms with Crippen LogP contribution in [0.5, 0.6) is 0 Å². The molecule has 168 valence electrons. The first-order chi connectivity index (χ1) is 13.1. The molecule has 1 spiro atoms. The van der Waals surface area contributed by atoms with Crippen LogP contribution in [0.15, 0.2) is 0 Å². The fourth-order valence-electron chi connectivity index (χ4n) is 8.51. The Kier molecular flexibility index (Phi) is 5.14. The normalized spacial score (nSPS) is 48.4. The van der Waals surface area contributed by atoms with E-state index in [0.717, 1.165) is 25.7 Å². The number of hydrogen-bond acceptors (Lipinski definition) is 4. The maximum Gasteiger partial charge on any atom is 0.481 e. The molecule has 4 fully saturated rings. The fraction of sp³-hybridized carbons (Fsp3) is 1.00. The van der Waals surface area contributed by atoms with Crippen LogP contribution in [-0.2, 0) is 18.0 Å². The molecule has 7 nitrogen and oxygen atoms in total. The monoisotopic (exact) mass is 450 g/mol. The van der Waals surface area contributed by atoms with Gasteiger partial charge in [0.05, 0.1) is 6.10 Å². The quantitative estimate of drug-likeness (QED) is 0.491. The van der Waals surface area contributed by atoms with E-state index in [1.54, 1.807) is 0 Å². The smallest absolute Gasteiger partial charge is 0.302 e. The molecular weight excluding hydrogens is 414 g/mol. The molecule has 7 atom stereocenters. The molecule has 0 aromatic rings. The second-order valence-electron chi connectivity index (χ2n) is 11.6. The van der Waals surface area contributed by atoms with E-state index < -0.39 is 21.7 Å². The summed E-state index contributed by atoms with van der Waals surface area (Å²) in [4.78, 5) is 27.9. The Morgan fingerprint density at radius 2 is 1.55 bits per heavy atom. The first-order valence-electron chi connectivity index (χ1n) is 10.9. The van der Waals surface area contributed by atoms with Crippen LogP contribution >= 0.6 is 15.6 Å². The highest BCUT2D eigenvalue weighted by molar-refractivity contribution is 7.60. The van der Waals surface area contributed by atoms with Crippen LogP contribution in [0.4, 0.5) is 0 Å². The minimum absolute atomic E-state index is 0.0818. The van der Waals surface area contributed by atoms with Gasteiger partial charge in [-0.25, -0.2) is 9.13 Å². The van der Waals surface area contributed by atoms with Crippen LogP contribution in [0.3, 0.4) is 0 Å². The molecule has 0 radical (unpaired) electrons. The van der Waals surface area contributed by atoms with E-state index in [1.165, 1.54) is 25.7 Å². The lowest BCUT2D eigenvalue weighted by atomic mass is 9.40. The van der Waals surface area contributed by atoms with Crippen molar-refractivity contribution in [3.8, 4) is 0 Å². The number of phosphoric ester groups is 1. The minimum Gasteiger partial charge on any atom is -0.302 e. The summed E-state index contributed by atoms with van der Waals surface area (Å²) >= 11 is 0. The van der Waals surface area contributed by atoms with Gasteiger partial charge in [0, 0.05) is 0 Å². The summed E-state index contributed by atoms with van der Waals surface area (Å²) in [7, 11) is -9.94. The molecule has 2 bridgehead atoms. The van der Waals surface area contributed by atoms with Gasteiger partial charge in [0.2, 0.25) is 0 Å². The van der Waals surface area contributed by atoms with Crippen molar-refractivity contribution in [3.63, 3.8) is 0 Å². The Bertz CT molecular complexity index is 779. The molecule has 4 saturated carbocycles. The predicted octanol–water partition coefficient (Wildman–Crippen LogP) is 5.40. The number of phosphoric acid groups is 2. The Labute approximate surface area is 173 Å². The average Bonchev–Trinajstić information content (AvgIpc) is 2.68. The summed E-state index contributed by atoms with van der Waals surface area (Å²) in [6.07, 6.45) is 9.17. The molecule has 0 amide bonds. The van der Waals surface area contributed by atoms with Gasteiger partial charge >= 0.3 is 15.6 Å². The molecule has 29 heavy (non-hydrogen) atoms. The van der Waals surface area contributed by atoms with Crippen molar-refractivity contribution < 1.29 is 32.6 Å². The summed E-state index contributed by atoms with van der Waals surface area (Å²) < 4.78 is 32.9. The first kappa shape index (κ1) is 22.5. The van der Waals surface area contributed by atoms with Gasteiger partial charge in [-0.2, -0.15) is 4.31 Å². The molecule has 0 aromatic heterocycles. The second kappa shape index (κ2) is 6.63. The van der Waals surface area contributed by atoms with Crippen LogP contribution in [0, 0.1) is 33.5 Å². The van der Waals surface area contributed by atoms with E-state index in [4.69, 9.17) is 14.3 Å². The van der Waals surface area contributed by atoms with E-state index in [0.29, 0.717) is 23.7 Å². The summed E-state index contributed by atoms with van der Waals surface area (Å²) in [5.41, 5.74) is 0.447. The highest BCUT2D eigenvalue weighted by Gasteiger charge is 2.67. The van der Waals surface area contributed by atoms with Gasteiger partial charge in [0.25, 0.3) is 0 Å². The summed E-state index contributed by atoms with van der Waals surface area (Å²) in [6.45, 7) is 9.41. The lowest BCUT2D eigenvalue weighted by molar-refractivity contribution is -0.149. The van der Waals surface area contributed by atoms with E-state index in [-0.39, 0.29) is 16.2 Å². The van der Waals surface area contributed by atoms with Gasteiger partial charge in [0.1, 0.15) is 0 Å². The van der Waals surface area contributed by atoms with Crippen molar-refractivity contribution in [2.45, 2.75) is 91.6 Å². The molecule has 1 unspecified atom stereocenters. The van der Waals surface area contributed by atoms with Gasteiger partial charge in [-0.15, -0.1) is 0 Å². The zero-order valence-corrected chi connectivity index (χ0v) is 19.8. The third kappa shape index (κ3) is 3.73. The van der Waals surface area contributed by atoms with Crippen LogP contribution in [0.1, 0.15) is 85.5 Å².